The summed E-state index contributed by atoms with van der Waals surface area (Å²) in [4.78, 5) is 14.2. The molecule has 3 rings (SSSR count). The summed E-state index contributed by atoms with van der Waals surface area (Å²) in [5, 5.41) is 0.959. The van der Waals surface area contributed by atoms with Crippen LogP contribution < -0.4 is 5.73 Å². The zero-order valence-corrected chi connectivity index (χ0v) is 11.0. The molecule has 2 heterocycles. The number of likely N-dealkylation sites (tertiary alicyclic amines) is 1. The van der Waals surface area contributed by atoms with Gasteiger partial charge in [-0.1, -0.05) is 25.1 Å². The number of carbonyl (C=O) groups excluding carboxylic acids is 1. The fourth-order valence-corrected chi connectivity index (χ4v) is 2.53. The van der Waals surface area contributed by atoms with Gasteiger partial charge in [0.15, 0.2) is 5.76 Å². The number of hydrogen-bond acceptors (Lipinski definition) is 3. The highest BCUT2D eigenvalue weighted by Crippen LogP contribution is 2.22. The van der Waals surface area contributed by atoms with Gasteiger partial charge in [-0.2, -0.15) is 0 Å². The Morgan fingerprint density at radius 1 is 1.42 bits per heavy atom. The van der Waals surface area contributed by atoms with E-state index in [2.05, 4.69) is 6.92 Å². The van der Waals surface area contributed by atoms with E-state index in [1.54, 1.807) is 11.0 Å². The SMILES string of the molecule is CC1CCN(C(=O)c2cc3ccccc3o2)CC1N. The Balaban J connectivity index is 1.83. The standard InChI is InChI=1S/C15H18N2O2/c1-10-6-7-17(9-12(10)16)15(18)14-8-11-4-2-3-5-13(11)19-14/h2-5,8,10,12H,6-7,9,16H2,1H3. The molecule has 2 N–H and O–H groups in total. The maximum atomic E-state index is 12.4. The second kappa shape index (κ2) is 4.70. The van der Waals surface area contributed by atoms with Gasteiger partial charge in [0.2, 0.25) is 0 Å². The van der Waals surface area contributed by atoms with E-state index in [9.17, 15) is 4.79 Å². The Labute approximate surface area is 112 Å². The van der Waals surface area contributed by atoms with Crippen LogP contribution in [0.5, 0.6) is 0 Å². The summed E-state index contributed by atoms with van der Waals surface area (Å²) in [6.07, 6.45) is 0.952. The maximum absolute atomic E-state index is 12.4. The molecule has 0 bridgehead atoms. The third-order valence-corrected chi connectivity index (χ3v) is 3.94. The van der Waals surface area contributed by atoms with E-state index in [0.29, 0.717) is 18.2 Å². The number of carbonyl (C=O) groups is 1. The van der Waals surface area contributed by atoms with Crippen molar-refractivity contribution >= 4 is 16.9 Å². The second-order valence-corrected chi connectivity index (χ2v) is 5.33. The molecule has 4 heteroatoms. The predicted molar refractivity (Wildman–Crippen MR) is 73.9 cm³/mol. The van der Waals surface area contributed by atoms with E-state index in [4.69, 9.17) is 10.2 Å². The molecular formula is C15H18N2O2. The van der Waals surface area contributed by atoms with Gasteiger partial charge in [-0.25, -0.2) is 0 Å². The molecule has 100 valence electrons. The van der Waals surface area contributed by atoms with E-state index >= 15 is 0 Å². The molecule has 1 amide bonds. The number of furan rings is 1. The molecule has 19 heavy (non-hydrogen) atoms. The smallest absolute Gasteiger partial charge is 0.289 e. The van der Waals surface area contributed by atoms with Crippen LogP contribution in [0.4, 0.5) is 0 Å². The normalized spacial score (nSPS) is 23.8. The zero-order chi connectivity index (χ0) is 13.4. The van der Waals surface area contributed by atoms with Gasteiger partial charge < -0.3 is 15.1 Å². The summed E-state index contributed by atoms with van der Waals surface area (Å²) in [5.41, 5.74) is 6.79. The Morgan fingerprint density at radius 3 is 2.95 bits per heavy atom. The Morgan fingerprint density at radius 2 is 2.21 bits per heavy atom. The molecule has 0 spiro atoms. The van der Waals surface area contributed by atoms with E-state index in [-0.39, 0.29) is 11.9 Å². The lowest BCUT2D eigenvalue weighted by Crippen LogP contribution is -2.49. The van der Waals surface area contributed by atoms with Crippen LogP contribution in [-0.4, -0.2) is 29.9 Å². The summed E-state index contributed by atoms with van der Waals surface area (Å²) in [5.74, 6) is 0.821. The number of piperidine rings is 1. The third kappa shape index (κ3) is 2.24. The summed E-state index contributed by atoms with van der Waals surface area (Å²) >= 11 is 0. The fraction of sp³-hybridized carbons (Fsp3) is 0.400. The van der Waals surface area contributed by atoms with Crippen LogP contribution in [0.2, 0.25) is 0 Å². The molecule has 2 unspecified atom stereocenters. The van der Waals surface area contributed by atoms with Crippen molar-refractivity contribution in [3.8, 4) is 0 Å². The van der Waals surface area contributed by atoms with Gasteiger partial charge in [-0.15, -0.1) is 0 Å². The lowest BCUT2D eigenvalue weighted by molar-refractivity contribution is 0.0643. The van der Waals surface area contributed by atoms with Crippen molar-refractivity contribution < 1.29 is 9.21 Å². The molecule has 2 aromatic rings. The lowest BCUT2D eigenvalue weighted by Gasteiger charge is -2.34. The molecule has 0 radical (unpaired) electrons. The number of fused-ring (bicyclic) bond motifs is 1. The summed E-state index contributed by atoms with van der Waals surface area (Å²) in [7, 11) is 0. The predicted octanol–water partition coefficient (Wildman–Crippen LogP) is 2.24. The van der Waals surface area contributed by atoms with Gasteiger partial charge in [0.25, 0.3) is 5.91 Å². The topological polar surface area (TPSA) is 59.5 Å². The van der Waals surface area contributed by atoms with Crippen molar-refractivity contribution in [2.45, 2.75) is 19.4 Å². The lowest BCUT2D eigenvalue weighted by atomic mass is 9.94. The van der Waals surface area contributed by atoms with E-state index < -0.39 is 0 Å². The zero-order valence-electron chi connectivity index (χ0n) is 11.0. The average Bonchev–Trinajstić information content (AvgIpc) is 2.85. The largest absolute Gasteiger partial charge is 0.451 e. The van der Waals surface area contributed by atoms with Gasteiger partial charge in [-0.3, -0.25) is 4.79 Å². The van der Waals surface area contributed by atoms with Crippen molar-refractivity contribution in [2.75, 3.05) is 13.1 Å². The van der Waals surface area contributed by atoms with Crippen LogP contribution >= 0.6 is 0 Å². The molecule has 1 saturated heterocycles. The highest BCUT2D eigenvalue weighted by Gasteiger charge is 2.28. The first-order valence-electron chi connectivity index (χ1n) is 6.68. The minimum absolute atomic E-state index is 0.0569. The quantitative estimate of drug-likeness (QED) is 0.853. The third-order valence-electron chi connectivity index (χ3n) is 3.94. The second-order valence-electron chi connectivity index (χ2n) is 5.33. The first kappa shape index (κ1) is 12.2. The molecule has 0 aliphatic carbocycles. The summed E-state index contributed by atoms with van der Waals surface area (Å²) in [6.45, 7) is 3.50. The molecular weight excluding hydrogens is 240 g/mol. The summed E-state index contributed by atoms with van der Waals surface area (Å²) in [6, 6.07) is 9.52. The molecule has 1 aliphatic rings. The van der Waals surface area contributed by atoms with Gasteiger partial charge in [0, 0.05) is 24.5 Å². The van der Waals surface area contributed by atoms with Crippen molar-refractivity contribution in [3.63, 3.8) is 0 Å². The van der Waals surface area contributed by atoms with Crippen LogP contribution in [0.1, 0.15) is 23.9 Å². The minimum Gasteiger partial charge on any atom is -0.451 e. The van der Waals surface area contributed by atoms with Gasteiger partial charge in [-0.05, 0) is 24.5 Å². The van der Waals surface area contributed by atoms with Crippen LogP contribution in [-0.2, 0) is 0 Å². The number of para-hydroxylation sites is 1. The van der Waals surface area contributed by atoms with Gasteiger partial charge in [0.05, 0.1) is 0 Å². The molecule has 1 aromatic heterocycles. The number of nitrogens with two attached hydrogens (primary N) is 1. The number of benzene rings is 1. The number of hydrogen-bond donors (Lipinski definition) is 1. The molecule has 0 saturated carbocycles. The van der Waals surface area contributed by atoms with Crippen LogP contribution in [0.25, 0.3) is 11.0 Å². The highest BCUT2D eigenvalue weighted by atomic mass is 16.3. The molecule has 2 atom stereocenters. The molecule has 1 aromatic carbocycles. The van der Waals surface area contributed by atoms with E-state index in [1.807, 2.05) is 24.3 Å². The van der Waals surface area contributed by atoms with Crippen molar-refractivity contribution in [2.24, 2.45) is 11.7 Å². The fourth-order valence-electron chi connectivity index (χ4n) is 2.53. The van der Waals surface area contributed by atoms with Crippen molar-refractivity contribution in [3.05, 3.63) is 36.1 Å². The summed E-state index contributed by atoms with van der Waals surface area (Å²) < 4.78 is 5.61. The number of rotatable bonds is 1. The first-order chi connectivity index (χ1) is 9.15. The van der Waals surface area contributed by atoms with Crippen LogP contribution in [0, 0.1) is 5.92 Å². The minimum atomic E-state index is -0.0569. The number of nitrogens with zero attached hydrogens (tertiary/aromatic N) is 1. The Bertz CT molecular complexity index is 572. The van der Waals surface area contributed by atoms with Crippen molar-refractivity contribution in [1.82, 2.24) is 4.90 Å². The molecule has 4 nitrogen and oxygen atoms in total. The Hall–Kier alpha value is -1.81. The Kier molecular flexibility index (Phi) is 3.03. The van der Waals surface area contributed by atoms with Crippen molar-refractivity contribution in [1.29, 1.82) is 0 Å². The van der Waals surface area contributed by atoms with Gasteiger partial charge in [0.1, 0.15) is 5.58 Å². The number of amides is 1. The first-order valence-corrected chi connectivity index (χ1v) is 6.68. The molecule has 1 aliphatic heterocycles. The maximum Gasteiger partial charge on any atom is 0.289 e. The van der Waals surface area contributed by atoms with E-state index in [1.165, 1.54) is 0 Å². The average molecular weight is 258 g/mol. The molecule has 1 fully saturated rings. The van der Waals surface area contributed by atoms with Crippen LogP contribution in [0.15, 0.2) is 34.7 Å². The van der Waals surface area contributed by atoms with Crippen LogP contribution in [0.3, 0.4) is 0 Å². The van der Waals surface area contributed by atoms with Gasteiger partial charge >= 0.3 is 0 Å². The van der Waals surface area contributed by atoms with E-state index in [0.717, 1.165) is 23.9 Å². The highest BCUT2D eigenvalue weighted by molar-refractivity contribution is 5.96. The monoisotopic (exact) mass is 258 g/mol.